The number of carbonyl (C=O) groups excluding carboxylic acids is 1. The van der Waals surface area contributed by atoms with Crippen molar-refractivity contribution in [2.24, 2.45) is 0 Å². The minimum atomic E-state index is -0.606. The summed E-state index contributed by atoms with van der Waals surface area (Å²) >= 11 is 1.52. The third-order valence-electron chi connectivity index (χ3n) is 5.92. The van der Waals surface area contributed by atoms with Crippen molar-refractivity contribution in [1.82, 2.24) is 9.55 Å². The Hall–Kier alpha value is -3.45. The third-order valence-corrected chi connectivity index (χ3v) is 7.07. The van der Waals surface area contributed by atoms with Gasteiger partial charge in [0.05, 0.1) is 6.61 Å². The molecular weight excluding hydrogens is 434 g/mol. The Balaban J connectivity index is 1.65. The fraction of sp³-hybridized carbons (Fsp3) is 0.269. The first-order valence-electron chi connectivity index (χ1n) is 11.2. The zero-order valence-corrected chi connectivity index (χ0v) is 19.3. The Morgan fingerprint density at radius 3 is 2.55 bits per heavy atom. The number of esters is 1. The van der Waals surface area contributed by atoms with E-state index in [0.29, 0.717) is 12.1 Å². The van der Waals surface area contributed by atoms with Crippen LogP contribution in [0.25, 0.3) is 21.5 Å². The molecule has 1 aliphatic rings. The minimum absolute atomic E-state index is 0.0276. The molecule has 0 radical (unpaired) electrons. The quantitative estimate of drug-likeness (QED) is 0.382. The van der Waals surface area contributed by atoms with Crippen molar-refractivity contribution in [1.29, 1.82) is 0 Å². The maximum Gasteiger partial charge on any atom is 0.343 e. The Morgan fingerprint density at radius 1 is 1.06 bits per heavy atom. The lowest BCUT2D eigenvalue weighted by Crippen LogP contribution is -2.21. The zero-order valence-electron chi connectivity index (χ0n) is 18.5. The highest BCUT2D eigenvalue weighted by atomic mass is 32.1. The first kappa shape index (κ1) is 21.4. The van der Waals surface area contributed by atoms with Crippen LogP contribution >= 0.6 is 11.3 Å². The number of benzene rings is 2. The van der Waals surface area contributed by atoms with Crippen LogP contribution in [0.4, 0.5) is 5.13 Å². The van der Waals surface area contributed by atoms with E-state index in [4.69, 9.17) is 4.74 Å². The van der Waals surface area contributed by atoms with Crippen molar-refractivity contribution >= 4 is 32.8 Å². The molecule has 0 bridgehead atoms. The van der Waals surface area contributed by atoms with Gasteiger partial charge in [-0.2, -0.15) is 0 Å². The fourth-order valence-corrected chi connectivity index (χ4v) is 5.39. The molecule has 168 valence electrons. The normalized spacial score (nSPS) is 13.5. The molecule has 0 saturated carbocycles. The lowest BCUT2D eigenvalue weighted by Gasteiger charge is -2.14. The molecule has 2 aromatic heterocycles. The van der Waals surface area contributed by atoms with E-state index in [1.807, 2.05) is 34.9 Å². The summed E-state index contributed by atoms with van der Waals surface area (Å²) in [4.78, 5) is 33.5. The molecule has 0 aliphatic carbocycles. The molecule has 3 heterocycles. The summed E-state index contributed by atoms with van der Waals surface area (Å²) in [5, 5.41) is 0.839. The average molecular weight is 460 g/mol. The number of nitrogens with zero attached hydrogens (tertiary/aromatic N) is 3. The van der Waals surface area contributed by atoms with Gasteiger partial charge in [0.15, 0.2) is 5.13 Å². The molecule has 1 saturated heterocycles. The Morgan fingerprint density at radius 2 is 1.79 bits per heavy atom. The van der Waals surface area contributed by atoms with Crippen LogP contribution in [0.5, 0.6) is 0 Å². The summed E-state index contributed by atoms with van der Waals surface area (Å²) in [7, 11) is 0. The number of fused-ring (bicyclic) bond motifs is 1. The van der Waals surface area contributed by atoms with E-state index < -0.39 is 5.97 Å². The largest absolute Gasteiger partial charge is 0.462 e. The molecule has 5 rings (SSSR count). The molecule has 6 nitrogen and oxygen atoms in total. The van der Waals surface area contributed by atoms with Crippen LogP contribution in [0, 0.1) is 0 Å². The van der Waals surface area contributed by atoms with Gasteiger partial charge in [-0.1, -0.05) is 65.9 Å². The lowest BCUT2D eigenvalue weighted by molar-refractivity contribution is 0.0524. The predicted octanol–water partition coefficient (Wildman–Crippen LogP) is 4.95. The van der Waals surface area contributed by atoms with Gasteiger partial charge in [0.1, 0.15) is 15.9 Å². The first-order chi connectivity index (χ1) is 16.2. The van der Waals surface area contributed by atoms with Crippen LogP contribution < -0.4 is 10.3 Å². The highest BCUT2D eigenvalue weighted by Gasteiger charge is 2.23. The number of ether oxygens (including phenoxy) is 1. The smallest absolute Gasteiger partial charge is 0.343 e. The van der Waals surface area contributed by atoms with E-state index in [1.165, 1.54) is 11.3 Å². The second-order valence-electron chi connectivity index (χ2n) is 8.09. The van der Waals surface area contributed by atoms with Crippen molar-refractivity contribution in [2.75, 3.05) is 24.6 Å². The van der Waals surface area contributed by atoms with Gasteiger partial charge in [-0.3, -0.25) is 4.79 Å². The maximum atomic E-state index is 13.2. The number of carbonyl (C=O) groups is 1. The molecule has 0 N–H and O–H groups in total. The lowest BCUT2D eigenvalue weighted by atomic mass is 9.99. The molecule has 2 aromatic carbocycles. The number of pyridine rings is 1. The van der Waals surface area contributed by atoms with Gasteiger partial charge >= 0.3 is 5.97 Å². The summed E-state index contributed by atoms with van der Waals surface area (Å²) < 4.78 is 7.15. The average Bonchev–Trinajstić information content (AvgIpc) is 3.52. The summed E-state index contributed by atoms with van der Waals surface area (Å²) in [5.74, 6) is -0.606. The van der Waals surface area contributed by atoms with Crippen molar-refractivity contribution in [3.05, 3.63) is 82.1 Å². The standard InChI is InChI=1S/C26H25N3O3S/c1-2-32-25(31)21-17-29(16-19-12-6-7-13-20(19)18-10-4-3-5-11-18)24-22(23(21)30)27-26(33-24)28-14-8-9-15-28/h3-7,10-13,17H,2,8-9,14-16H2,1H3. The van der Waals surface area contributed by atoms with Crippen molar-refractivity contribution in [2.45, 2.75) is 26.3 Å². The van der Waals surface area contributed by atoms with Gasteiger partial charge in [0.25, 0.3) is 0 Å². The number of aromatic nitrogens is 2. The van der Waals surface area contributed by atoms with Crippen molar-refractivity contribution in [3.63, 3.8) is 0 Å². The summed E-state index contributed by atoms with van der Waals surface area (Å²) in [6.45, 7) is 4.34. The monoisotopic (exact) mass is 459 g/mol. The molecule has 33 heavy (non-hydrogen) atoms. The van der Waals surface area contributed by atoms with Crippen LogP contribution in [0.2, 0.25) is 0 Å². The van der Waals surface area contributed by atoms with Gasteiger partial charge in [-0.05, 0) is 36.5 Å². The van der Waals surface area contributed by atoms with Gasteiger partial charge in [-0.25, -0.2) is 9.78 Å². The summed E-state index contributed by atoms with van der Waals surface area (Å²) in [6.07, 6.45) is 3.88. The Kier molecular flexibility index (Phi) is 5.96. The topological polar surface area (TPSA) is 64.4 Å². The minimum Gasteiger partial charge on any atom is -0.462 e. The molecule has 0 amide bonds. The SMILES string of the molecule is CCOC(=O)c1cn(Cc2ccccc2-c2ccccc2)c2sc(N3CCCC3)nc2c1=O. The molecule has 0 unspecified atom stereocenters. The van der Waals surface area contributed by atoms with Gasteiger partial charge in [-0.15, -0.1) is 0 Å². The van der Waals surface area contributed by atoms with E-state index in [2.05, 4.69) is 34.1 Å². The Bertz CT molecular complexity index is 1350. The zero-order chi connectivity index (χ0) is 22.8. The molecule has 0 spiro atoms. The molecular formula is C26H25N3O3S. The third kappa shape index (κ3) is 4.16. The molecule has 7 heteroatoms. The molecule has 4 aromatic rings. The van der Waals surface area contributed by atoms with E-state index in [9.17, 15) is 9.59 Å². The second-order valence-corrected chi connectivity index (χ2v) is 9.04. The van der Waals surface area contributed by atoms with Gasteiger partial charge < -0.3 is 14.2 Å². The number of thiazole rings is 1. The van der Waals surface area contributed by atoms with E-state index >= 15 is 0 Å². The van der Waals surface area contributed by atoms with Crippen molar-refractivity contribution in [3.8, 4) is 11.1 Å². The van der Waals surface area contributed by atoms with E-state index in [1.54, 1.807) is 13.1 Å². The van der Waals surface area contributed by atoms with Crippen LogP contribution in [0.15, 0.2) is 65.6 Å². The molecule has 0 atom stereocenters. The number of anilines is 1. The number of rotatable bonds is 6. The highest BCUT2D eigenvalue weighted by Crippen LogP contribution is 2.31. The molecule has 1 fully saturated rings. The van der Waals surface area contributed by atoms with E-state index in [-0.39, 0.29) is 17.6 Å². The maximum absolute atomic E-state index is 13.2. The van der Waals surface area contributed by atoms with E-state index in [0.717, 1.165) is 52.6 Å². The van der Waals surface area contributed by atoms with Crippen LogP contribution in [-0.4, -0.2) is 35.2 Å². The molecule has 1 aliphatic heterocycles. The highest BCUT2D eigenvalue weighted by molar-refractivity contribution is 7.21. The number of hydrogen-bond donors (Lipinski definition) is 0. The predicted molar refractivity (Wildman–Crippen MR) is 132 cm³/mol. The fourth-order valence-electron chi connectivity index (χ4n) is 4.30. The number of hydrogen-bond acceptors (Lipinski definition) is 6. The second kappa shape index (κ2) is 9.19. The van der Waals surface area contributed by atoms with Crippen LogP contribution in [0.3, 0.4) is 0 Å². The first-order valence-corrected chi connectivity index (χ1v) is 12.1. The van der Waals surface area contributed by atoms with Gasteiger partial charge in [0.2, 0.25) is 5.43 Å². The van der Waals surface area contributed by atoms with Crippen LogP contribution in [0.1, 0.15) is 35.7 Å². The summed E-state index contributed by atoms with van der Waals surface area (Å²) in [6, 6.07) is 18.4. The summed E-state index contributed by atoms with van der Waals surface area (Å²) in [5.41, 5.74) is 3.34. The van der Waals surface area contributed by atoms with Gasteiger partial charge in [0, 0.05) is 25.8 Å². The van der Waals surface area contributed by atoms with Crippen molar-refractivity contribution < 1.29 is 9.53 Å². The van der Waals surface area contributed by atoms with Crippen LogP contribution in [-0.2, 0) is 11.3 Å². The Labute approximate surface area is 196 Å².